The van der Waals surface area contributed by atoms with Crippen LogP contribution in [0.3, 0.4) is 0 Å². The van der Waals surface area contributed by atoms with E-state index in [1.807, 2.05) is 4.90 Å². The third-order valence-corrected chi connectivity index (χ3v) is 4.50. The van der Waals surface area contributed by atoms with Gasteiger partial charge in [-0.15, -0.1) is 0 Å². The summed E-state index contributed by atoms with van der Waals surface area (Å²) in [6, 6.07) is 6.17. The molecule has 0 bridgehead atoms. The largest absolute Gasteiger partial charge is 0.435 e. The van der Waals surface area contributed by atoms with Crippen LogP contribution in [0.15, 0.2) is 24.3 Å². The summed E-state index contributed by atoms with van der Waals surface area (Å²) in [5.41, 5.74) is 0.396. The van der Waals surface area contributed by atoms with Gasteiger partial charge in [0.15, 0.2) is 0 Å². The summed E-state index contributed by atoms with van der Waals surface area (Å²) in [7, 11) is 0. The average molecular weight is 296 g/mol. The number of hydrogen-bond acceptors (Lipinski definition) is 3. The van der Waals surface area contributed by atoms with E-state index in [0.29, 0.717) is 17.4 Å². The van der Waals surface area contributed by atoms with E-state index in [1.165, 1.54) is 12.1 Å². The molecule has 0 radical (unpaired) electrons. The van der Waals surface area contributed by atoms with Gasteiger partial charge in [-0.05, 0) is 37.0 Å². The molecule has 2 saturated heterocycles. The van der Waals surface area contributed by atoms with Gasteiger partial charge in [0.1, 0.15) is 5.75 Å². The fourth-order valence-corrected chi connectivity index (χ4v) is 3.41. The van der Waals surface area contributed by atoms with Crippen LogP contribution in [0.25, 0.3) is 0 Å². The normalized spacial score (nSPS) is 28.0. The summed E-state index contributed by atoms with van der Waals surface area (Å²) in [4.78, 5) is 14.4. The van der Waals surface area contributed by atoms with Crippen LogP contribution in [0, 0.1) is 11.8 Å². The first-order chi connectivity index (χ1) is 10.1. The summed E-state index contributed by atoms with van der Waals surface area (Å²) in [5, 5.41) is 3.34. The van der Waals surface area contributed by atoms with Gasteiger partial charge in [-0.25, -0.2) is 0 Å². The molecule has 0 spiro atoms. The molecule has 2 heterocycles. The van der Waals surface area contributed by atoms with Crippen molar-refractivity contribution in [1.29, 1.82) is 0 Å². The van der Waals surface area contributed by atoms with Gasteiger partial charge in [-0.1, -0.05) is 6.07 Å². The Bertz CT molecular complexity index is 538. The molecule has 1 aromatic carbocycles. The lowest BCUT2D eigenvalue weighted by molar-refractivity contribution is -0.0499. The molecule has 2 aliphatic heterocycles. The minimum absolute atomic E-state index is 0.0181. The van der Waals surface area contributed by atoms with Crippen molar-refractivity contribution in [3.63, 3.8) is 0 Å². The van der Waals surface area contributed by atoms with Gasteiger partial charge in [0.05, 0.1) is 0 Å². The number of alkyl halides is 2. The number of nitrogens with zero attached hydrogens (tertiary/aromatic N) is 1. The molecule has 4 nitrogen and oxygen atoms in total. The lowest BCUT2D eigenvalue weighted by Crippen LogP contribution is -2.38. The fourth-order valence-electron chi connectivity index (χ4n) is 3.41. The van der Waals surface area contributed by atoms with Crippen LogP contribution >= 0.6 is 0 Å². The first-order valence-corrected chi connectivity index (χ1v) is 7.13. The minimum atomic E-state index is -2.88. The standard InChI is InChI=1S/C15H18F2N2O2/c1-9-13-7-18-6-11(13)8-19(9)14(20)10-3-2-4-12(5-10)21-15(16)17/h2-5,9,11,13,15,18H,6-8H2,1H3. The van der Waals surface area contributed by atoms with E-state index in [0.717, 1.165) is 19.6 Å². The number of benzene rings is 1. The number of halogens is 2. The zero-order valence-electron chi connectivity index (χ0n) is 11.8. The molecule has 0 saturated carbocycles. The average Bonchev–Trinajstić information content (AvgIpc) is 3.01. The maximum atomic E-state index is 12.6. The lowest BCUT2D eigenvalue weighted by Gasteiger charge is -2.24. The highest BCUT2D eigenvalue weighted by Gasteiger charge is 2.43. The molecule has 3 rings (SSSR count). The van der Waals surface area contributed by atoms with Crippen molar-refractivity contribution < 1.29 is 18.3 Å². The third kappa shape index (κ3) is 2.72. The van der Waals surface area contributed by atoms with E-state index in [9.17, 15) is 13.6 Å². The van der Waals surface area contributed by atoms with Gasteiger partial charge in [0, 0.05) is 31.2 Å². The van der Waals surface area contributed by atoms with Crippen molar-refractivity contribution in [2.45, 2.75) is 19.6 Å². The predicted molar refractivity (Wildman–Crippen MR) is 73.4 cm³/mol. The highest BCUT2D eigenvalue weighted by molar-refractivity contribution is 5.95. The van der Waals surface area contributed by atoms with Crippen molar-refractivity contribution in [1.82, 2.24) is 10.2 Å². The molecule has 114 valence electrons. The molecule has 0 aromatic heterocycles. The number of carbonyl (C=O) groups excluding carboxylic acids is 1. The number of hydrogen-bond donors (Lipinski definition) is 1. The predicted octanol–water partition coefficient (Wildman–Crippen LogP) is 1.97. The van der Waals surface area contributed by atoms with Crippen LogP contribution in [-0.4, -0.2) is 43.1 Å². The molecule has 3 unspecified atom stereocenters. The molecule has 1 N–H and O–H groups in total. The summed E-state index contributed by atoms with van der Waals surface area (Å²) in [5.74, 6) is 0.875. The number of nitrogens with one attached hydrogen (secondary N) is 1. The van der Waals surface area contributed by atoms with Gasteiger partial charge in [-0.3, -0.25) is 4.79 Å². The summed E-state index contributed by atoms with van der Waals surface area (Å²) in [6.07, 6.45) is 0. The number of carbonyl (C=O) groups is 1. The summed E-state index contributed by atoms with van der Waals surface area (Å²) >= 11 is 0. The number of amides is 1. The fraction of sp³-hybridized carbons (Fsp3) is 0.533. The van der Waals surface area contributed by atoms with Gasteiger partial charge in [0.25, 0.3) is 5.91 Å². The SMILES string of the molecule is CC1C2CNCC2CN1C(=O)c1cccc(OC(F)F)c1. The minimum Gasteiger partial charge on any atom is -0.435 e. The second-order valence-electron chi connectivity index (χ2n) is 5.69. The van der Waals surface area contributed by atoms with Crippen molar-refractivity contribution in [3.8, 4) is 5.75 Å². The number of rotatable bonds is 3. The maximum Gasteiger partial charge on any atom is 0.387 e. The first-order valence-electron chi connectivity index (χ1n) is 7.13. The van der Waals surface area contributed by atoms with E-state index in [2.05, 4.69) is 17.0 Å². The highest BCUT2D eigenvalue weighted by Crippen LogP contribution is 2.33. The van der Waals surface area contributed by atoms with Gasteiger partial charge >= 0.3 is 6.61 Å². The van der Waals surface area contributed by atoms with Crippen molar-refractivity contribution in [2.75, 3.05) is 19.6 Å². The third-order valence-electron chi connectivity index (χ3n) is 4.50. The Morgan fingerprint density at radius 1 is 1.43 bits per heavy atom. The lowest BCUT2D eigenvalue weighted by atomic mass is 9.95. The molecule has 2 aliphatic rings. The van der Waals surface area contributed by atoms with E-state index < -0.39 is 6.61 Å². The zero-order valence-corrected chi connectivity index (χ0v) is 11.8. The number of likely N-dealkylation sites (tertiary alicyclic amines) is 1. The zero-order chi connectivity index (χ0) is 15.0. The Morgan fingerprint density at radius 3 is 2.95 bits per heavy atom. The second kappa shape index (κ2) is 5.60. The Morgan fingerprint density at radius 2 is 2.24 bits per heavy atom. The Labute approximate surface area is 122 Å². The number of ether oxygens (including phenoxy) is 1. The van der Waals surface area contributed by atoms with Crippen molar-refractivity contribution in [2.24, 2.45) is 11.8 Å². The van der Waals surface area contributed by atoms with E-state index >= 15 is 0 Å². The smallest absolute Gasteiger partial charge is 0.387 e. The van der Waals surface area contributed by atoms with Crippen molar-refractivity contribution >= 4 is 5.91 Å². The molecule has 6 heteroatoms. The van der Waals surface area contributed by atoms with Gasteiger partial charge in [0.2, 0.25) is 0 Å². The molecule has 1 aromatic rings. The number of fused-ring (bicyclic) bond motifs is 1. The molecule has 1 amide bonds. The van der Waals surface area contributed by atoms with Crippen LogP contribution in [0.5, 0.6) is 5.75 Å². The van der Waals surface area contributed by atoms with Crippen LogP contribution in [-0.2, 0) is 0 Å². The van der Waals surface area contributed by atoms with Crippen LogP contribution < -0.4 is 10.1 Å². The molecular weight excluding hydrogens is 278 g/mol. The quantitative estimate of drug-likeness (QED) is 0.927. The van der Waals surface area contributed by atoms with Gasteiger partial charge < -0.3 is 15.0 Å². The van der Waals surface area contributed by atoms with E-state index in [1.54, 1.807) is 12.1 Å². The Balaban J connectivity index is 1.76. The Hall–Kier alpha value is -1.69. The molecule has 21 heavy (non-hydrogen) atoms. The molecule has 0 aliphatic carbocycles. The summed E-state index contributed by atoms with van der Waals surface area (Å²) in [6.45, 7) is 1.76. The molecular formula is C15H18F2N2O2. The van der Waals surface area contributed by atoms with E-state index in [4.69, 9.17) is 0 Å². The first kappa shape index (κ1) is 14.3. The molecule has 3 atom stereocenters. The van der Waals surface area contributed by atoms with Crippen LogP contribution in [0.2, 0.25) is 0 Å². The topological polar surface area (TPSA) is 41.6 Å². The second-order valence-corrected chi connectivity index (χ2v) is 5.69. The van der Waals surface area contributed by atoms with Crippen LogP contribution in [0.1, 0.15) is 17.3 Å². The maximum absolute atomic E-state index is 12.6. The monoisotopic (exact) mass is 296 g/mol. The summed E-state index contributed by atoms with van der Waals surface area (Å²) < 4.78 is 28.9. The van der Waals surface area contributed by atoms with Crippen molar-refractivity contribution in [3.05, 3.63) is 29.8 Å². The molecule has 2 fully saturated rings. The Kier molecular flexibility index (Phi) is 3.80. The van der Waals surface area contributed by atoms with Gasteiger partial charge in [-0.2, -0.15) is 8.78 Å². The van der Waals surface area contributed by atoms with Crippen LogP contribution in [0.4, 0.5) is 8.78 Å². The van der Waals surface area contributed by atoms with E-state index in [-0.39, 0.29) is 17.7 Å². The highest BCUT2D eigenvalue weighted by atomic mass is 19.3.